The Kier molecular flexibility index (Phi) is 3.28. The van der Waals surface area contributed by atoms with Crippen molar-refractivity contribution in [1.29, 1.82) is 0 Å². The summed E-state index contributed by atoms with van der Waals surface area (Å²) < 4.78 is 1.83. The lowest BCUT2D eigenvalue weighted by Gasteiger charge is -2.13. The smallest absolute Gasteiger partial charge is 0.0851 e. The van der Waals surface area contributed by atoms with Gasteiger partial charge in [0.25, 0.3) is 0 Å². The fourth-order valence-electron chi connectivity index (χ4n) is 1.67. The summed E-state index contributed by atoms with van der Waals surface area (Å²) in [5, 5.41) is 4.80. The van der Waals surface area contributed by atoms with Crippen molar-refractivity contribution in [2.24, 2.45) is 5.73 Å². The molecule has 1 unspecified atom stereocenters. The van der Waals surface area contributed by atoms with Crippen LogP contribution in [0.5, 0.6) is 0 Å². The Balaban J connectivity index is 2.44. The number of hydrogen-bond donors (Lipinski definition) is 1. The van der Waals surface area contributed by atoms with Gasteiger partial charge in [-0.25, -0.2) is 4.98 Å². The molecule has 86 valence electrons. The topological polar surface area (TPSA) is 56.7 Å². The zero-order valence-corrected chi connectivity index (χ0v) is 10.7. The van der Waals surface area contributed by atoms with Crippen LogP contribution in [0.3, 0.4) is 0 Å². The maximum absolute atomic E-state index is 6.21. The molecule has 0 fully saturated rings. The number of nitrogens with zero attached hydrogens (tertiary/aromatic N) is 3. The first-order valence-electron chi connectivity index (χ1n) is 5.02. The summed E-state index contributed by atoms with van der Waals surface area (Å²) in [7, 11) is 0. The average molecular weight is 257 g/mol. The molecule has 0 bridgehead atoms. The minimum absolute atomic E-state index is 0.248. The molecule has 1 atom stereocenters. The minimum atomic E-state index is -0.248. The average Bonchev–Trinajstić information content (AvgIpc) is 2.83. The van der Waals surface area contributed by atoms with E-state index in [4.69, 9.17) is 17.3 Å². The third-order valence-electron chi connectivity index (χ3n) is 2.49. The number of rotatable bonds is 3. The minimum Gasteiger partial charge on any atom is -0.318 e. The van der Waals surface area contributed by atoms with Crippen LogP contribution >= 0.6 is 22.9 Å². The highest BCUT2D eigenvalue weighted by atomic mass is 35.5. The summed E-state index contributed by atoms with van der Waals surface area (Å²) in [4.78, 5) is 5.24. The van der Waals surface area contributed by atoms with Crippen molar-refractivity contribution >= 4 is 22.9 Å². The van der Waals surface area contributed by atoms with E-state index in [1.165, 1.54) is 0 Å². The highest BCUT2D eigenvalue weighted by Gasteiger charge is 2.20. The molecule has 2 rings (SSSR count). The van der Waals surface area contributed by atoms with E-state index in [0.717, 1.165) is 22.8 Å². The molecular weight excluding hydrogens is 244 g/mol. The Morgan fingerprint density at radius 2 is 2.38 bits per heavy atom. The van der Waals surface area contributed by atoms with Crippen molar-refractivity contribution in [3.05, 3.63) is 33.0 Å². The maximum Gasteiger partial charge on any atom is 0.0851 e. The van der Waals surface area contributed by atoms with Gasteiger partial charge in [-0.2, -0.15) is 5.10 Å². The molecule has 2 aromatic rings. The van der Waals surface area contributed by atoms with Crippen LogP contribution in [0.1, 0.15) is 29.2 Å². The Labute approximate surface area is 103 Å². The molecule has 0 spiro atoms. The summed E-state index contributed by atoms with van der Waals surface area (Å²) in [5.41, 5.74) is 9.82. The molecule has 0 aliphatic carbocycles. The molecule has 16 heavy (non-hydrogen) atoms. The summed E-state index contributed by atoms with van der Waals surface area (Å²) in [6, 6.07) is -0.248. The van der Waals surface area contributed by atoms with Gasteiger partial charge in [-0.1, -0.05) is 11.6 Å². The van der Waals surface area contributed by atoms with Crippen molar-refractivity contribution in [2.75, 3.05) is 0 Å². The van der Waals surface area contributed by atoms with Gasteiger partial charge >= 0.3 is 0 Å². The summed E-state index contributed by atoms with van der Waals surface area (Å²) in [6.45, 7) is 4.72. The Bertz CT molecular complexity index is 491. The zero-order valence-electron chi connectivity index (χ0n) is 9.14. The van der Waals surface area contributed by atoms with Crippen molar-refractivity contribution in [3.63, 3.8) is 0 Å². The van der Waals surface area contributed by atoms with Gasteiger partial charge in [-0.3, -0.25) is 4.68 Å². The van der Waals surface area contributed by atoms with Crippen LogP contribution < -0.4 is 5.73 Å². The fourth-order valence-corrected chi connectivity index (χ4v) is 2.73. The number of halogens is 1. The van der Waals surface area contributed by atoms with Gasteiger partial charge in [0.05, 0.1) is 39.0 Å². The summed E-state index contributed by atoms with van der Waals surface area (Å²) >= 11 is 7.66. The van der Waals surface area contributed by atoms with E-state index in [1.54, 1.807) is 23.0 Å². The van der Waals surface area contributed by atoms with Gasteiger partial charge in [-0.05, 0) is 13.8 Å². The van der Waals surface area contributed by atoms with E-state index in [9.17, 15) is 0 Å². The van der Waals surface area contributed by atoms with Gasteiger partial charge in [0.1, 0.15) is 0 Å². The Hall–Kier alpha value is -0.910. The quantitative estimate of drug-likeness (QED) is 0.917. The van der Waals surface area contributed by atoms with Gasteiger partial charge in [0.15, 0.2) is 0 Å². The molecule has 2 aromatic heterocycles. The van der Waals surface area contributed by atoms with E-state index in [2.05, 4.69) is 10.1 Å². The SMILES string of the molecule is CCn1ncc(Cl)c1C(N)c1scnc1C. The Morgan fingerprint density at radius 3 is 2.94 bits per heavy atom. The van der Waals surface area contributed by atoms with Crippen LogP contribution in [0.15, 0.2) is 11.7 Å². The number of aromatic nitrogens is 3. The maximum atomic E-state index is 6.21. The van der Waals surface area contributed by atoms with Crippen LogP contribution in [0.25, 0.3) is 0 Å². The van der Waals surface area contributed by atoms with E-state index in [-0.39, 0.29) is 6.04 Å². The number of nitrogens with two attached hydrogens (primary N) is 1. The monoisotopic (exact) mass is 256 g/mol. The normalized spacial score (nSPS) is 13.0. The second-order valence-corrected chi connectivity index (χ2v) is 4.77. The highest BCUT2D eigenvalue weighted by Crippen LogP contribution is 2.30. The Morgan fingerprint density at radius 1 is 1.62 bits per heavy atom. The second kappa shape index (κ2) is 4.53. The van der Waals surface area contributed by atoms with Crippen LogP contribution in [0.2, 0.25) is 5.02 Å². The second-order valence-electron chi connectivity index (χ2n) is 3.47. The van der Waals surface area contributed by atoms with E-state index >= 15 is 0 Å². The zero-order chi connectivity index (χ0) is 11.7. The van der Waals surface area contributed by atoms with Gasteiger partial charge < -0.3 is 5.73 Å². The molecule has 0 radical (unpaired) electrons. The lowest BCUT2D eigenvalue weighted by molar-refractivity contribution is 0.602. The lowest BCUT2D eigenvalue weighted by atomic mass is 10.1. The van der Waals surface area contributed by atoms with Gasteiger partial charge in [0, 0.05) is 6.54 Å². The lowest BCUT2D eigenvalue weighted by Crippen LogP contribution is -2.17. The predicted molar refractivity (Wildman–Crippen MR) is 65.8 cm³/mol. The fraction of sp³-hybridized carbons (Fsp3) is 0.400. The van der Waals surface area contributed by atoms with Gasteiger partial charge in [0.2, 0.25) is 0 Å². The molecule has 4 nitrogen and oxygen atoms in total. The largest absolute Gasteiger partial charge is 0.318 e. The third kappa shape index (κ3) is 1.86. The summed E-state index contributed by atoms with van der Waals surface area (Å²) in [6.07, 6.45) is 1.64. The number of thiazole rings is 1. The first kappa shape index (κ1) is 11.6. The molecule has 0 amide bonds. The van der Waals surface area contributed by atoms with Crippen molar-refractivity contribution in [1.82, 2.24) is 14.8 Å². The van der Waals surface area contributed by atoms with Crippen LogP contribution in [0, 0.1) is 6.92 Å². The van der Waals surface area contributed by atoms with E-state index < -0.39 is 0 Å². The number of hydrogen-bond acceptors (Lipinski definition) is 4. The molecule has 0 saturated heterocycles. The molecule has 2 heterocycles. The standard InChI is InChI=1S/C10H13ClN4S/c1-3-15-9(7(11)4-14-15)8(12)10-6(2)13-5-16-10/h4-5,8H,3,12H2,1-2H3. The van der Waals surface area contributed by atoms with E-state index in [1.807, 2.05) is 18.5 Å². The highest BCUT2D eigenvalue weighted by molar-refractivity contribution is 7.09. The third-order valence-corrected chi connectivity index (χ3v) is 3.80. The van der Waals surface area contributed by atoms with Gasteiger partial charge in [-0.15, -0.1) is 11.3 Å². The first-order valence-corrected chi connectivity index (χ1v) is 6.27. The van der Waals surface area contributed by atoms with Crippen LogP contribution in [-0.2, 0) is 6.54 Å². The van der Waals surface area contributed by atoms with E-state index in [0.29, 0.717) is 5.02 Å². The molecule has 6 heteroatoms. The molecule has 0 saturated carbocycles. The predicted octanol–water partition coefficient (Wildman–Crippen LogP) is 2.37. The first-order chi connectivity index (χ1) is 7.65. The van der Waals surface area contributed by atoms with Crippen molar-refractivity contribution in [3.8, 4) is 0 Å². The van der Waals surface area contributed by atoms with Crippen LogP contribution in [0.4, 0.5) is 0 Å². The molecule has 2 N–H and O–H groups in total. The van der Waals surface area contributed by atoms with Crippen LogP contribution in [-0.4, -0.2) is 14.8 Å². The molecule has 0 aliphatic heterocycles. The summed E-state index contributed by atoms with van der Waals surface area (Å²) in [5.74, 6) is 0. The molecule has 0 aromatic carbocycles. The molecule has 0 aliphatic rings. The molecular formula is C10H13ClN4S. The van der Waals surface area contributed by atoms with Crippen molar-refractivity contribution in [2.45, 2.75) is 26.4 Å². The van der Waals surface area contributed by atoms with Crippen molar-refractivity contribution < 1.29 is 0 Å². The number of aryl methyl sites for hydroxylation is 2.